The van der Waals surface area contributed by atoms with E-state index in [0.717, 1.165) is 5.01 Å². The van der Waals surface area contributed by atoms with Crippen LogP contribution in [0.5, 0.6) is 0 Å². The number of aromatic nitrogens is 1. The summed E-state index contributed by atoms with van der Waals surface area (Å²) < 4.78 is 4.94. The summed E-state index contributed by atoms with van der Waals surface area (Å²) >= 11 is 1.38. The van der Waals surface area contributed by atoms with Crippen LogP contribution in [-0.4, -0.2) is 35.8 Å². The second-order valence-electron chi connectivity index (χ2n) is 5.15. The first-order chi connectivity index (χ1) is 8.34. The van der Waals surface area contributed by atoms with Gasteiger partial charge in [-0.1, -0.05) is 20.8 Å². The minimum absolute atomic E-state index is 0.222. The molecule has 6 heteroatoms. The first-order valence-corrected chi connectivity index (χ1v) is 6.62. The summed E-state index contributed by atoms with van der Waals surface area (Å²) in [5.74, 6) is -0.267. The Bertz CT molecular complexity index is 398. The van der Waals surface area contributed by atoms with Crippen LogP contribution in [0.2, 0.25) is 0 Å². The van der Waals surface area contributed by atoms with Crippen LogP contribution in [0, 0.1) is 5.41 Å². The zero-order valence-electron chi connectivity index (χ0n) is 11.2. The van der Waals surface area contributed by atoms with Crippen LogP contribution >= 0.6 is 11.3 Å². The van der Waals surface area contributed by atoms with E-state index in [9.17, 15) is 9.90 Å². The van der Waals surface area contributed by atoms with E-state index in [2.05, 4.69) is 10.3 Å². The van der Waals surface area contributed by atoms with Gasteiger partial charge in [0.25, 0.3) is 5.91 Å². The Balaban J connectivity index is 2.50. The lowest BCUT2D eigenvalue weighted by Gasteiger charge is -2.25. The summed E-state index contributed by atoms with van der Waals surface area (Å²) in [4.78, 5) is 15.9. The SMILES string of the molecule is COCc1nc(C(=O)NCC(O)C(C)(C)C)cs1. The first kappa shape index (κ1) is 15.1. The summed E-state index contributed by atoms with van der Waals surface area (Å²) in [5, 5.41) is 14.9. The Hall–Kier alpha value is -0.980. The van der Waals surface area contributed by atoms with Crippen molar-refractivity contribution in [1.29, 1.82) is 0 Å². The molecule has 0 saturated heterocycles. The van der Waals surface area contributed by atoms with Crippen molar-refractivity contribution < 1.29 is 14.6 Å². The molecule has 102 valence electrons. The third-order valence-corrected chi connectivity index (χ3v) is 3.33. The number of rotatable bonds is 5. The van der Waals surface area contributed by atoms with Crippen molar-refractivity contribution in [3.05, 3.63) is 16.1 Å². The van der Waals surface area contributed by atoms with Crippen LogP contribution < -0.4 is 5.32 Å². The average molecular weight is 272 g/mol. The van der Waals surface area contributed by atoms with Crippen LogP contribution in [0.15, 0.2) is 5.38 Å². The summed E-state index contributed by atoms with van der Waals surface area (Å²) in [5.41, 5.74) is 0.115. The van der Waals surface area contributed by atoms with Crippen molar-refractivity contribution in [3.8, 4) is 0 Å². The average Bonchev–Trinajstić information content (AvgIpc) is 2.73. The van der Waals surface area contributed by atoms with Crippen molar-refractivity contribution in [3.63, 3.8) is 0 Å². The molecule has 0 aliphatic rings. The lowest BCUT2D eigenvalue weighted by Crippen LogP contribution is -2.39. The number of nitrogens with one attached hydrogen (secondary N) is 1. The summed E-state index contributed by atoms with van der Waals surface area (Å²) in [7, 11) is 1.58. The molecule has 0 saturated carbocycles. The molecule has 1 aromatic heterocycles. The third kappa shape index (κ3) is 4.36. The van der Waals surface area contributed by atoms with Gasteiger partial charge in [0.2, 0.25) is 0 Å². The minimum atomic E-state index is -0.585. The predicted molar refractivity (Wildman–Crippen MR) is 70.6 cm³/mol. The van der Waals surface area contributed by atoms with Gasteiger partial charge in [-0.3, -0.25) is 4.79 Å². The molecule has 0 aliphatic carbocycles. The molecule has 2 N–H and O–H groups in total. The number of hydrogen-bond acceptors (Lipinski definition) is 5. The van der Waals surface area contributed by atoms with E-state index in [-0.39, 0.29) is 17.9 Å². The lowest BCUT2D eigenvalue weighted by molar-refractivity contribution is 0.0585. The topological polar surface area (TPSA) is 71.5 Å². The van der Waals surface area contributed by atoms with Gasteiger partial charge in [0, 0.05) is 19.0 Å². The van der Waals surface area contributed by atoms with Crippen LogP contribution in [0.25, 0.3) is 0 Å². The third-order valence-electron chi connectivity index (χ3n) is 2.51. The second-order valence-corrected chi connectivity index (χ2v) is 6.09. The molecule has 0 fully saturated rings. The molecular weight excluding hydrogens is 252 g/mol. The number of amides is 1. The highest BCUT2D eigenvalue weighted by atomic mass is 32.1. The lowest BCUT2D eigenvalue weighted by atomic mass is 9.89. The summed E-state index contributed by atoms with van der Waals surface area (Å²) in [6.45, 7) is 6.39. The predicted octanol–water partition coefficient (Wildman–Crippen LogP) is 1.43. The normalized spacial score (nSPS) is 13.4. The summed E-state index contributed by atoms with van der Waals surface area (Å²) in [6.07, 6.45) is -0.585. The van der Waals surface area contributed by atoms with Crippen molar-refractivity contribution in [2.24, 2.45) is 5.41 Å². The van der Waals surface area contributed by atoms with Crippen LogP contribution in [-0.2, 0) is 11.3 Å². The molecule has 1 heterocycles. The molecule has 0 spiro atoms. The molecule has 0 bridgehead atoms. The Morgan fingerprint density at radius 2 is 2.28 bits per heavy atom. The van der Waals surface area contributed by atoms with Crippen LogP contribution in [0.3, 0.4) is 0 Å². The fourth-order valence-electron chi connectivity index (χ4n) is 1.19. The Labute approximate surface area is 111 Å². The van der Waals surface area contributed by atoms with E-state index in [4.69, 9.17) is 4.74 Å². The van der Waals surface area contributed by atoms with E-state index in [1.807, 2.05) is 20.8 Å². The number of methoxy groups -OCH3 is 1. The fourth-order valence-corrected chi connectivity index (χ4v) is 1.94. The van der Waals surface area contributed by atoms with Gasteiger partial charge in [0.15, 0.2) is 0 Å². The second kappa shape index (κ2) is 6.26. The van der Waals surface area contributed by atoms with Crippen molar-refractivity contribution in [2.45, 2.75) is 33.5 Å². The standard InChI is InChI=1S/C12H20N2O3S/c1-12(2,3)9(15)5-13-11(16)8-7-18-10(14-8)6-17-4/h7,9,15H,5-6H2,1-4H3,(H,13,16). The van der Waals surface area contributed by atoms with Gasteiger partial charge in [-0.25, -0.2) is 4.98 Å². The maximum atomic E-state index is 11.8. The van der Waals surface area contributed by atoms with Crippen molar-refractivity contribution in [2.75, 3.05) is 13.7 Å². The fraction of sp³-hybridized carbons (Fsp3) is 0.667. The highest BCUT2D eigenvalue weighted by Crippen LogP contribution is 2.18. The molecule has 5 nitrogen and oxygen atoms in total. The van der Waals surface area contributed by atoms with Crippen molar-refractivity contribution in [1.82, 2.24) is 10.3 Å². The van der Waals surface area contributed by atoms with Gasteiger partial charge in [0.1, 0.15) is 10.7 Å². The number of thiazole rings is 1. The Kier molecular flexibility index (Phi) is 5.25. The largest absolute Gasteiger partial charge is 0.391 e. The Morgan fingerprint density at radius 3 is 2.83 bits per heavy atom. The van der Waals surface area contributed by atoms with Gasteiger partial charge < -0.3 is 15.2 Å². The molecule has 1 amide bonds. The number of hydrogen-bond donors (Lipinski definition) is 2. The van der Waals surface area contributed by atoms with E-state index >= 15 is 0 Å². The first-order valence-electron chi connectivity index (χ1n) is 5.74. The number of carbonyl (C=O) groups excluding carboxylic acids is 1. The highest BCUT2D eigenvalue weighted by molar-refractivity contribution is 7.09. The number of carbonyl (C=O) groups is 1. The molecule has 18 heavy (non-hydrogen) atoms. The summed E-state index contributed by atoms with van der Waals surface area (Å²) in [6, 6.07) is 0. The van der Waals surface area contributed by atoms with Crippen molar-refractivity contribution >= 4 is 17.2 Å². The zero-order chi connectivity index (χ0) is 13.8. The maximum Gasteiger partial charge on any atom is 0.270 e. The molecule has 1 atom stereocenters. The smallest absolute Gasteiger partial charge is 0.270 e. The molecule has 1 aromatic rings. The Morgan fingerprint density at radius 1 is 1.61 bits per heavy atom. The monoisotopic (exact) mass is 272 g/mol. The number of ether oxygens (including phenoxy) is 1. The zero-order valence-corrected chi connectivity index (χ0v) is 12.0. The molecule has 1 rings (SSSR count). The maximum absolute atomic E-state index is 11.8. The molecular formula is C12H20N2O3S. The van der Waals surface area contributed by atoms with E-state index in [0.29, 0.717) is 12.3 Å². The van der Waals surface area contributed by atoms with Gasteiger partial charge in [-0.15, -0.1) is 11.3 Å². The number of aliphatic hydroxyl groups excluding tert-OH is 1. The molecule has 0 aliphatic heterocycles. The highest BCUT2D eigenvalue weighted by Gasteiger charge is 2.23. The molecule has 1 unspecified atom stereocenters. The minimum Gasteiger partial charge on any atom is -0.391 e. The number of aliphatic hydroxyl groups is 1. The molecule has 0 aromatic carbocycles. The van der Waals surface area contributed by atoms with Crippen LogP contribution in [0.4, 0.5) is 0 Å². The molecule has 0 radical (unpaired) electrons. The van der Waals surface area contributed by atoms with Gasteiger partial charge >= 0.3 is 0 Å². The van der Waals surface area contributed by atoms with Gasteiger partial charge in [-0.05, 0) is 5.41 Å². The number of nitrogens with zero attached hydrogens (tertiary/aromatic N) is 1. The van der Waals surface area contributed by atoms with E-state index < -0.39 is 6.10 Å². The van der Waals surface area contributed by atoms with E-state index in [1.54, 1.807) is 12.5 Å². The van der Waals surface area contributed by atoms with E-state index in [1.165, 1.54) is 11.3 Å². The quantitative estimate of drug-likeness (QED) is 0.850. The van der Waals surface area contributed by atoms with Gasteiger partial charge in [-0.2, -0.15) is 0 Å². The van der Waals surface area contributed by atoms with Crippen LogP contribution in [0.1, 0.15) is 36.3 Å². The van der Waals surface area contributed by atoms with Gasteiger partial charge in [0.05, 0.1) is 12.7 Å².